The van der Waals surface area contributed by atoms with Gasteiger partial charge in [-0.15, -0.1) is 0 Å². The number of methoxy groups -OCH3 is 2. The summed E-state index contributed by atoms with van der Waals surface area (Å²) in [7, 11) is 3.10. The van der Waals surface area contributed by atoms with Gasteiger partial charge >= 0.3 is 5.97 Å². The topological polar surface area (TPSA) is 117 Å². The molecule has 0 N–H and O–H groups in total. The molecule has 0 aromatic heterocycles. The molecular formula is C27H28N2O7. The lowest BCUT2D eigenvalue weighted by Crippen LogP contribution is -2.38. The van der Waals surface area contributed by atoms with Crippen LogP contribution in [0.5, 0.6) is 5.75 Å². The Morgan fingerprint density at radius 2 is 1.83 bits per heavy atom. The number of ether oxygens (including phenoxy) is 3. The van der Waals surface area contributed by atoms with Crippen molar-refractivity contribution in [1.82, 2.24) is 0 Å². The Bertz CT molecular complexity index is 1230. The van der Waals surface area contributed by atoms with E-state index < -0.39 is 22.7 Å². The van der Waals surface area contributed by atoms with Crippen LogP contribution in [0.25, 0.3) is 0 Å². The van der Waals surface area contributed by atoms with Crippen molar-refractivity contribution in [2.45, 2.75) is 31.6 Å². The normalized spacial score (nSPS) is 21.5. The van der Waals surface area contributed by atoms with Gasteiger partial charge in [0.15, 0.2) is 5.78 Å². The van der Waals surface area contributed by atoms with Gasteiger partial charge in [-0.25, -0.2) is 0 Å². The number of carbonyl (C=O) groups is 2. The second-order valence-corrected chi connectivity index (χ2v) is 8.88. The van der Waals surface area contributed by atoms with Gasteiger partial charge in [-0.3, -0.25) is 24.7 Å². The monoisotopic (exact) mass is 492 g/mol. The maximum Gasteiger partial charge on any atom is 0.315 e. The molecule has 188 valence electrons. The number of allylic oxidation sites excluding steroid dienone is 2. The Morgan fingerprint density at radius 1 is 1.08 bits per heavy atom. The molecule has 2 aromatic rings. The molecule has 1 aliphatic carbocycles. The second kappa shape index (κ2) is 10.8. The minimum atomic E-state index is -0.871. The molecular weight excluding hydrogens is 464 g/mol. The minimum Gasteiger partial charge on any atom is -0.497 e. The van der Waals surface area contributed by atoms with E-state index in [0.717, 1.165) is 11.3 Å². The van der Waals surface area contributed by atoms with Crippen molar-refractivity contribution < 1.29 is 28.7 Å². The van der Waals surface area contributed by atoms with Crippen molar-refractivity contribution in [2.24, 2.45) is 10.9 Å². The first-order valence-corrected chi connectivity index (χ1v) is 11.7. The largest absolute Gasteiger partial charge is 0.497 e. The summed E-state index contributed by atoms with van der Waals surface area (Å²) in [4.78, 5) is 42.5. The maximum absolute atomic E-state index is 13.6. The van der Waals surface area contributed by atoms with E-state index in [1.54, 1.807) is 26.2 Å². The van der Waals surface area contributed by atoms with Crippen LogP contribution in [0.2, 0.25) is 0 Å². The number of non-ortho nitro benzene ring substituents is 1. The average molecular weight is 493 g/mol. The summed E-state index contributed by atoms with van der Waals surface area (Å²) in [5, 5.41) is 11.5. The fourth-order valence-corrected chi connectivity index (χ4v) is 4.98. The van der Waals surface area contributed by atoms with Crippen LogP contribution in [0.4, 0.5) is 5.69 Å². The van der Waals surface area contributed by atoms with Gasteiger partial charge in [0.25, 0.3) is 5.69 Å². The standard InChI is InChI=1S/C27H28N2O7/c1-16-24(27(31)36-12-11-34-2)25(18-5-4-6-20(13-18)29(32)33)26-22(28-16)14-19(15-23(26)30)17-7-9-21(35-3)10-8-17/h4-10,13,19,24-25H,11-12,14-15H2,1-3H3. The van der Waals surface area contributed by atoms with Crippen molar-refractivity contribution in [3.8, 4) is 5.75 Å². The average Bonchev–Trinajstić information content (AvgIpc) is 2.87. The molecule has 2 aromatic carbocycles. The zero-order valence-corrected chi connectivity index (χ0v) is 20.4. The molecule has 9 nitrogen and oxygen atoms in total. The molecule has 3 atom stereocenters. The quantitative estimate of drug-likeness (QED) is 0.232. The zero-order chi connectivity index (χ0) is 25.8. The third-order valence-corrected chi connectivity index (χ3v) is 6.70. The molecule has 3 unspecified atom stereocenters. The van der Waals surface area contributed by atoms with Gasteiger partial charge in [-0.1, -0.05) is 24.3 Å². The fraction of sp³-hybridized carbons (Fsp3) is 0.370. The summed E-state index contributed by atoms with van der Waals surface area (Å²) < 4.78 is 15.6. The molecule has 0 saturated carbocycles. The smallest absolute Gasteiger partial charge is 0.315 e. The van der Waals surface area contributed by atoms with Crippen molar-refractivity contribution in [2.75, 3.05) is 27.4 Å². The molecule has 0 radical (unpaired) electrons. The molecule has 0 saturated heterocycles. The summed E-state index contributed by atoms with van der Waals surface area (Å²) in [5.74, 6) is -1.61. The van der Waals surface area contributed by atoms with Crippen LogP contribution in [0, 0.1) is 16.0 Å². The number of aliphatic imine (C=N–C) groups is 1. The lowest BCUT2D eigenvalue weighted by molar-refractivity contribution is -0.384. The molecule has 0 fully saturated rings. The first-order chi connectivity index (χ1) is 17.3. The second-order valence-electron chi connectivity index (χ2n) is 8.88. The van der Waals surface area contributed by atoms with Crippen LogP contribution in [0.3, 0.4) is 0 Å². The Labute approximate surface area is 208 Å². The SMILES string of the molecule is COCCOC(=O)C1C(C)=NC2=C(C(=O)CC(c3ccc(OC)cc3)C2)C1c1cccc([N+](=O)[O-])c1. The van der Waals surface area contributed by atoms with Gasteiger partial charge in [-0.2, -0.15) is 0 Å². The number of nitro groups is 1. The fourth-order valence-electron chi connectivity index (χ4n) is 4.98. The Balaban J connectivity index is 1.76. The zero-order valence-electron chi connectivity index (χ0n) is 20.4. The Hall–Kier alpha value is -3.85. The molecule has 0 spiro atoms. The highest BCUT2D eigenvalue weighted by Crippen LogP contribution is 2.47. The summed E-state index contributed by atoms with van der Waals surface area (Å²) >= 11 is 0. The number of ketones is 1. The van der Waals surface area contributed by atoms with E-state index in [2.05, 4.69) is 0 Å². The third kappa shape index (κ3) is 5.06. The number of carbonyl (C=O) groups excluding carboxylic acids is 2. The van der Waals surface area contributed by atoms with E-state index >= 15 is 0 Å². The number of rotatable bonds is 8. The number of Topliss-reactive ketones (excluding diaryl/α,β-unsaturated/α-hetero) is 1. The lowest BCUT2D eigenvalue weighted by atomic mass is 9.69. The van der Waals surface area contributed by atoms with E-state index in [0.29, 0.717) is 29.0 Å². The Morgan fingerprint density at radius 3 is 2.50 bits per heavy atom. The van der Waals surface area contributed by atoms with Crippen molar-refractivity contribution in [1.29, 1.82) is 0 Å². The molecule has 0 amide bonds. The lowest BCUT2D eigenvalue weighted by Gasteiger charge is -2.36. The molecule has 0 bridgehead atoms. The summed E-state index contributed by atoms with van der Waals surface area (Å²) in [6.07, 6.45) is 0.762. The van der Waals surface area contributed by atoms with Gasteiger partial charge in [0.1, 0.15) is 18.3 Å². The van der Waals surface area contributed by atoms with Crippen molar-refractivity contribution >= 4 is 23.2 Å². The molecule has 1 heterocycles. The van der Waals surface area contributed by atoms with Crippen LogP contribution < -0.4 is 4.74 Å². The Kier molecular flexibility index (Phi) is 7.59. The maximum atomic E-state index is 13.6. The summed E-state index contributed by atoms with van der Waals surface area (Å²) in [5.41, 5.74) is 2.95. The summed E-state index contributed by atoms with van der Waals surface area (Å²) in [6.45, 7) is 2.02. The predicted octanol–water partition coefficient (Wildman–Crippen LogP) is 4.37. The van der Waals surface area contributed by atoms with Crippen LogP contribution in [-0.4, -0.2) is 49.8 Å². The number of nitrogens with zero attached hydrogens (tertiary/aromatic N) is 2. The highest BCUT2D eigenvalue weighted by Gasteiger charge is 2.45. The van der Waals surface area contributed by atoms with Gasteiger partial charge in [-0.05, 0) is 42.5 Å². The van der Waals surface area contributed by atoms with Crippen LogP contribution in [0.15, 0.2) is 64.8 Å². The first kappa shape index (κ1) is 25.2. The molecule has 4 rings (SSSR count). The van der Waals surface area contributed by atoms with Crippen LogP contribution in [0.1, 0.15) is 42.7 Å². The highest BCUT2D eigenvalue weighted by molar-refractivity contribution is 6.09. The highest BCUT2D eigenvalue weighted by atomic mass is 16.6. The van der Waals surface area contributed by atoms with E-state index in [1.807, 2.05) is 24.3 Å². The molecule has 36 heavy (non-hydrogen) atoms. The van der Waals surface area contributed by atoms with Gasteiger partial charge in [0.05, 0.1) is 18.6 Å². The number of benzene rings is 2. The molecule has 2 aliphatic rings. The number of hydrogen-bond donors (Lipinski definition) is 0. The predicted molar refractivity (Wildman–Crippen MR) is 132 cm³/mol. The minimum absolute atomic E-state index is 0.0557. The number of esters is 1. The van der Waals surface area contributed by atoms with Crippen LogP contribution in [-0.2, 0) is 19.1 Å². The number of nitro benzene ring substituents is 1. The van der Waals surface area contributed by atoms with E-state index in [9.17, 15) is 19.7 Å². The third-order valence-electron chi connectivity index (χ3n) is 6.70. The van der Waals surface area contributed by atoms with Crippen molar-refractivity contribution in [3.05, 3.63) is 81.0 Å². The van der Waals surface area contributed by atoms with E-state index in [-0.39, 0.29) is 37.0 Å². The van der Waals surface area contributed by atoms with Crippen molar-refractivity contribution in [3.63, 3.8) is 0 Å². The van der Waals surface area contributed by atoms with Crippen LogP contribution >= 0.6 is 0 Å². The summed E-state index contributed by atoms with van der Waals surface area (Å²) in [6, 6.07) is 13.7. The van der Waals surface area contributed by atoms with E-state index in [1.165, 1.54) is 19.2 Å². The number of hydrogen-bond acceptors (Lipinski definition) is 8. The van der Waals surface area contributed by atoms with Gasteiger partial charge in [0.2, 0.25) is 0 Å². The van der Waals surface area contributed by atoms with E-state index in [4.69, 9.17) is 19.2 Å². The molecule has 1 aliphatic heterocycles. The first-order valence-electron chi connectivity index (χ1n) is 11.7. The molecule has 9 heteroatoms. The van der Waals surface area contributed by atoms with Gasteiger partial charge < -0.3 is 14.2 Å². The van der Waals surface area contributed by atoms with Gasteiger partial charge in [0, 0.05) is 48.6 Å².